The van der Waals surface area contributed by atoms with Gasteiger partial charge in [-0.3, -0.25) is 20.4 Å². The Balaban J connectivity index is 1.90. The van der Waals surface area contributed by atoms with Crippen LogP contribution in [-0.2, 0) is 20.6 Å². The third-order valence-electron chi connectivity index (χ3n) is 4.10. The summed E-state index contributed by atoms with van der Waals surface area (Å²) in [5.41, 5.74) is 5.93. The molecule has 0 aliphatic carbocycles. The second-order valence-electron chi connectivity index (χ2n) is 6.10. The highest BCUT2D eigenvalue weighted by molar-refractivity contribution is 7.99. The number of hydrogen-bond acceptors (Lipinski definition) is 5. The Labute approximate surface area is 175 Å². The monoisotopic (exact) mass is 435 g/mol. The van der Waals surface area contributed by atoms with Gasteiger partial charge in [0.1, 0.15) is 0 Å². The van der Waals surface area contributed by atoms with Crippen LogP contribution in [0.25, 0.3) is 0 Å². The number of carbonyl (C=O) groups excluding carboxylic acids is 2. The Morgan fingerprint density at radius 1 is 0.966 bits per heavy atom. The summed E-state index contributed by atoms with van der Waals surface area (Å²) >= 11 is 1.43. The quantitative estimate of drug-likeness (QED) is 0.590. The zero-order valence-corrected chi connectivity index (χ0v) is 18.1. The predicted molar refractivity (Wildman–Crippen MR) is 115 cm³/mol. The highest BCUT2D eigenvalue weighted by atomic mass is 32.2. The van der Waals surface area contributed by atoms with Gasteiger partial charge in [0.25, 0.3) is 5.91 Å². The molecule has 29 heavy (non-hydrogen) atoms. The van der Waals surface area contributed by atoms with Crippen LogP contribution in [0.1, 0.15) is 29.8 Å². The molecule has 2 aromatic carbocycles. The molecule has 0 spiro atoms. The Bertz CT molecular complexity index is 930. The van der Waals surface area contributed by atoms with Gasteiger partial charge in [0.15, 0.2) is 0 Å². The first-order valence-corrected chi connectivity index (χ1v) is 11.8. The Morgan fingerprint density at radius 2 is 1.66 bits per heavy atom. The molecule has 0 fully saturated rings. The summed E-state index contributed by atoms with van der Waals surface area (Å²) in [7, 11) is -3.66. The van der Waals surface area contributed by atoms with Gasteiger partial charge in [-0.2, -0.15) is 4.31 Å². The van der Waals surface area contributed by atoms with Crippen LogP contribution >= 0.6 is 11.8 Å². The molecule has 7 nitrogen and oxygen atoms in total. The van der Waals surface area contributed by atoms with Crippen molar-refractivity contribution in [2.45, 2.75) is 24.5 Å². The maximum Gasteiger partial charge on any atom is 0.269 e. The van der Waals surface area contributed by atoms with E-state index in [1.54, 1.807) is 13.8 Å². The van der Waals surface area contributed by atoms with E-state index in [2.05, 4.69) is 10.9 Å². The maximum atomic E-state index is 12.6. The van der Waals surface area contributed by atoms with Gasteiger partial charge in [0, 0.05) is 24.4 Å². The molecule has 0 heterocycles. The fourth-order valence-corrected chi connectivity index (χ4v) is 4.87. The fourth-order valence-electron chi connectivity index (χ4n) is 2.58. The molecule has 0 bridgehead atoms. The minimum absolute atomic E-state index is 0.0404. The van der Waals surface area contributed by atoms with Gasteiger partial charge in [-0.25, -0.2) is 8.42 Å². The predicted octanol–water partition coefficient (Wildman–Crippen LogP) is 2.41. The van der Waals surface area contributed by atoms with E-state index < -0.39 is 15.9 Å². The summed E-state index contributed by atoms with van der Waals surface area (Å²) < 4.78 is 26.5. The normalized spacial score (nSPS) is 11.3. The number of thioether (sulfide) groups is 1. The smallest absolute Gasteiger partial charge is 0.269 e. The van der Waals surface area contributed by atoms with Crippen LogP contribution in [0, 0.1) is 0 Å². The number of sulfonamides is 1. The Hall–Kier alpha value is -2.36. The zero-order chi connectivity index (χ0) is 21.3. The first-order valence-electron chi connectivity index (χ1n) is 9.19. The zero-order valence-electron chi connectivity index (χ0n) is 16.4. The molecule has 2 rings (SSSR count). The summed E-state index contributed by atoms with van der Waals surface area (Å²) in [5.74, 6) is -0.0480. The average molecular weight is 436 g/mol. The van der Waals surface area contributed by atoms with Gasteiger partial charge in [0.05, 0.1) is 10.6 Å². The summed E-state index contributed by atoms with van der Waals surface area (Å²) in [6.45, 7) is 4.18. The van der Waals surface area contributed by atoms with Crippen LogP contribution in [0.4, 0.5) is 0 Å². The average Bonchev–Trinajstić information content (AvgIpc) is 2.73. The van der Waals surface area contributed by atoms with Gasteiger partial charge in [-0.15, -0.1) is 11.8 Å². The highest BCUT2D eigenvalue weighted by Gasteiger charge is 2.22. The molecule has 0 radical (unpaired) electrons. The minimum atomic E-state index is -3.66. The van der Waals surface area contributed by atoms with Crippen LogP contribution in [-0.4, -0.2) is 43.4 Å². The van der Waals surface area contributed by atoms with Crippen molar-refractivity contribution in [3.8, 4) is 0 Å². The number of carbonyl (C=O) groups is 2. The van der Waals surface area contributed by atoms with Crippen molar-refractivity contribution in [1.82, 2.24) is 15.2 Å². The minimum Gasteiger partial charge on any atom is -0.272 e. The van der Waals surface area contributed by atoms with Crippen LogP contribution in [0.5, 0.6) is 0 Å². The lowest BCUT2D eigenvalue weighted by Gasteiger charge is -2.18. The summed E-state index contributed by atoms with van der Waals surface area (Å²) in [6.07, 6.45) is 0. The molecule has 9 heteroatoms. The SMILES string of the molecule is CCN(CC)S(=O)(=O)c1cccc(C(=O)NNC(=O)CSCc2ccccc2)c1. The third kappa shape index (κ3) is 6.59. The molecule has 2 amide bonds. The first-order chi connectivity index (χ1) is 13.9. The van der Waals surface area contributed by atoms with E-state index in [-0.39, 0.29) is 22.1 Å². The molecular formula is C20H25N3O4S2. The van der Waals surface area contributed by atoms with Crippen molar-refractivity contribution in [2.24, 2.45) is 0 Å². The van der Waals surface area contributed by atoms with Crippen molar-refractivity contribution in [1.29, 1.82) is 0 Å². The van der Waals surface area contributed by atoms with E-state index in [4.69, 9.17) is 0 Å². The van der Waals surface area contributed by atoms with E-state index in [9.17, 15) is 18.0 Å². The number of hydrogen-bond donors (Lipinski definition) is 2. The van der Waals surface area contributed by atoms with Crippen molar-refractivity contribution in [3.63, 3.8) is 0 Å². The topological polar surface area (TPSA) is 95.6 Å². The van der Waals surface area contributed by atoms with Crippen molar-refractivity contribution >= 4 is 33.6 Å². The molecule has 0 aliphatic rings. The van der Waals surface area contributed by atoms with Crippen LogP contribution in [0.2, 0.25) is 0 Å². The molecular weight excluding hydrogens is 410 g/mol. The maximum absolute atomic E-state index is 12.6. The van der Waals surface area contributed by atoms with E-state index in [0.29, 0.717) is 18.8 Å². The lowest BCUT2D eigenvalue weighted by atomic mass is 10.2. The second-order valence-corrected chi connectivity index (χ2v) is 9.02. The Morgan fingerprint density at radius 3 is 2.31 bits per heavy atom. The van der Waals surface area contributed by atoms with Crippen LogP contribution in [0.15, 0.2) is 59.5 Å². The van der Waals surface area contributed by atoms with Crippen molar-refractivity contribution < 1.29 is 18.0 Å². The largest absolute Gasteiger partial charge is 0.272 e. The third-order valence-corrected chi connectivity index (χ3v) is 7.15. The van der Waals surface area contributed by atoms with Crippen LogP contribution in [0.3, 0.4) is 0 Å². The number of hydrazine groups is 1. The van der Waals surface area contributed by atoms with E-state index in [1.165, 1.54) is 40.3 Å². The van der Waals surface area contributed by atoms with Crippen molar-refractivity contribution in [2.75, 3.05) is 18.8 Å². The molecule has 0 unspecified atom stereocenters. The number of benzene rings is 2. The summed E-state index contributed by atoms with van der Waals surface area (Å²) in [6, 6.07) is 15.5. The van der Waals surface area contributed by atoms with E-state index in [0.717, 1.165) is 5.56 Å². The molecule has 156 valence electrons. The molecule has 2 N–H and O–H groups in total. The summed E-state index contributed by atoms with van der Waals surface area (Å²) in [4.78, 5) is 24.2. The number of nitrogens with zero attached hydrogens (tertiary/aromatic N) is 1. The molecule has 0 aromatic heterocycles. The van der Waals surface area contributed by atoms with Gasteiger partial charge >= 0.3 is 0 Å². The summed E-state index contributed by atoms with van der Waals surface area (Å²) in [5, 5.41) is 0. The number of amides is 2. The van der Waals surface area contributed by atoms with Gasteiger partial charge in [-0.05, 0) is 23.8 Å². The Kier molecular flexibility index (Phi) is 8.69. The molecule has 2 aromatic rings. The second kappa shape index (κ2) is 11.0. The van der Waals surface area contributed by atoms with Gasteiger partial charge < -0.3 is 0 Å². The standard InChI is InChI=1S/C20H25N3O4S2/c1-3-23(4-2)29(26,27)18-12-8-11-17(13-18)20(25)22-21-19(24)15-28-14-16-9-6-5-7-10-16/h5-13H,3-4,14-15H2,1-2H3,(H,21,24)(H,22,25). The lowest BCUT2D eigenvalue weighted by Crippen LogP contribution is -2.42. The lowest BCUT2D eigenvalue weighted by molar-refractivity contribution is -0.119. The van der Waals surface area contributed by atoms with Crippen molar-refractivity contribution in [3.05, 3.63) is 65.7 Å². The van der Waals surface area contributed by atoms with Crippen LogP contribution < -0.4 is 10.9 Å². The molecule has 0 atom stereocenters. The number of rotatable bonds is 9. The number of nitrogens with one attached hydrogen (secondary N) is 2. The van der Waals surface area contributed by atoms with Gasteiger partial charge in [0.2, 0.25) is 15.9 Å². The molecule has 0 saturated heterocycles. The highest BCUT2D eigenvalue weighted by Crippen LogP contribution is 2.17. The fraction of sp³-hybridized carbons (Fsp3) is 0.300. The first kappa shape index (κ1) is 22.9. The van der Waals surface area contributed by atoms with E-state index >= 15 is 0 Å². The molecule has 0 aliphatic heterocycles. The molecule has 0 saturated carbocycles. The van der Waals surface area contributed by atoms with E-state index in [1.807, 2.05) is 30.3 Å². The van der Waals surface area contributed by atoms with Gasteiger partial charge in [-0.1, -0.05) is 50.2 Å².